The second kappa shape index (κ2) is 37.5. The number of halogens is 6. The highest BCUT2D eigenvalue weighted by Gasteiger charge is 2.44. The number of ether oxygens (including phenoxy) is 6. The molecule has 10 N–H and O–H groups in total. The van der Waals surface area contributed by atoms with Crippen LogP contribution in [0.2, 0.25) is 0 Å². The number of unbranched alkanes of at least 4 members (excludes halogenated alkanes) is 1. The van der Waals surface area contributed by atoms with Gasteiger partial charge in [0.15, 0.2) is 0 Å². The van der Waals surface area contributed by atoms with Gasteiger partial charge in [-0.3, -0.25) is 38.4 Å². The van der Waals surface area contributed by atoms with Crippen molar-refractivity contribution >= 4 is 78.3 Å². The van der Waals surface area contributed by atoms with Crippen LogP contribution in [0.15, 0.2) is 48.5 Å². The highest BCUT2D eigenvalue weighted by molar-refractivity contribution is 6.62. The lowest BCUT2D eigenvalue weighted by Gasteiger charge is -2.23. The van der Waals surface area contributed by atoms with Crippen molar-refractivity contribution in [1.29, 1.82) is 0 Å². The molecule has 2 heterocycles. The molecule has 0 radical (unpaired) electrons. The molecule has 0 saturated heterocycles. The predicted molar refractivity (Wildman–Crippen MR) is 318 cm³/mol. The van der Waals surface area contributed by atoms with Crippen molar-refractivity contribution < 1.29 is 122 Å². The molecule has 0 spiro atoms. The highest BCUT2D eigenvalue weighted by atomic mass is 19.4. The van der Waals surface area contributed by atoms with E-state index in [2.05, 4.69) is 37.2 Å². The maximum Gasteiger partial charge on any atom is 0.491 e. The number of alkyl halides is 6. The third-order valence-electron chi connectivity index (χ3n) is 14.9. The Labute approximate surface area is 536 Å². The Hall–Kier alpha value is -7.60. The van der Waals surface area contributed by atoms with Crippen molar-refractivity contribution in [1.82, 2.24) is 37.2 Å². The van der Waals surface area contributed by atoms with E-state index < -0.39 is 134 Å². The number of fused-ring (bicyclic) bond motifs is 2. The normalized spacial score (nSPS) is 15.6. The van der Waals surface area contributed by atoms with E-state index in [0.717, 1.165) is 17.7 Å². The maximum atomic E-state index is 14.1. The summed E-state index contributed by atoms with van der Waals surface area (Å²) in [5, 5.41) is 48.1. The molecule has 1 aliphatic carbocycles. The minimum Gasteiger partial charge on any atom is -0.480 e. The fourth-order valence-electron chi connectivity index (χ4n) is 10.1. The molecular weight excluding hydrogens is 1260 g/mol. The number of hydrogen-bond donors (Lipinski definition) is 10. The van der Waals surface area contributed by atoms with Crippen LogP contribution in [-0.2, 0) is 92.1 Å². The van der Waals surface area contributed by atoms with E-state index in [1.807, 2.05) is 19.1 Å². The van der Waals surface area contributed by atoms with Gasteiger partial charge in [0.1, 0.15) is 31.6 Å². The summed E-state index contributed by atoms with van der Waals surface area (Å²) in [4.78, 5) is 114. The minimum atomic E-state index is -4.98. The van der Waals surface area contributed by atoms with E-state index in [1.165, 1.54) is 0 Å². The highest BCUT2D eigenvalue weighted by Crippen LogP contribution is 2.36. The number of aryl methyl sites for hydroxylation is 1. The summed E-state index contributed by atoms with van der Waals surface area (Å²) in [5.41, 5.74) is -3.43. The van der Waals surface area contributed by atoms with Gasteiger partial charge in [-0.05, 0) is 97.5 Å². The van der Waals surface area contributed by atoms with Gasteiger partial charge in [0.05, 0.1) is 95.9 Å². The second-order valence-corrected chi connectivity index (χ2v) is 21.9. The first-order chi connectivity index (χ1) is 44.8. The standard InChI is InChI=1S/C59H75B2F6N7O20/c1-35-5-7-36(8-6-35)54(80)71-14-17-89-19-22-91-33-52(78)69-12-15-87-18-21-90-32-51(77)70-13-16-88-20-23-92-34-53(79)72-46(57(83)84)4-2-3-11-68-50(76)10-9-49(75)37-28-47(73-55(81)38-24-42(58(62,63)64)40-30-93-60(85)44(40)26-38)48(29-37)74-56(82)39-25-43(59(65,66)67)41-31-94-61(86)45(41)27-39/h5-8,24-27,37,46-48,85-86H,2-4,9-23,28-34H2,1H3,(H,68,76)(H,69,78)(H,70,77)(H,71,80)(H,72,79)(H,73,81)(H,74,82)(H,83,84)/t46-,47-,48-/m0/s1. The molecule has 3 aromatic carbocycles. The van der Waals surface area contributed by atoms with Crippen LogP contribution in [0.3, 0.4) is 0 Å². The zero-order valence-corrected chi connectivity index (χ0v) is 51.3. The number of nitrogens with one attached hydrogen (secondary N) is 7. The SMILES string of the molecule is Cc1ccc(C(=O)NCCOCCOCC(=O)NCCOCCOCC(=O)NCCOCCOCC(=O)N[C@@H](CCCCNC(=O)CCC(=O)C2C[C@H](NC(=O)c3cc4c(c(C(F)(F)F)c3)COB4O)[C@@H](NC(=O)c3cc4c(c(C(F)(F)F)c3)COB4O)C2)C(=O)O)cc1. The summed E-state index contributed by atoms with van der Waals surface area (Å²) in [6, 6.07) is 6.54. The van der Waals surface area contributed by atoms with Crippen LogP contribution in [-0.4, -0.2) is 206 Å². The average molecular weight is 1340 g/mol. The molecule has 1 saturated carbocycles. The Morgan fingerprint density at radius 1 is 0.532 bits per heavy atom. The number of ketones is 1. The number of carboxylic acids is 1. The number of carbonyl (C=O) groups excluding carboxylic acids is 8. The van der Waals surface area contributed by atoms with E-state index in [0.29, 0.717) is 24.2 Å². The Balaban J connectivity index is 0.789. The van der Waals surface area contributed by atoms with Crippen molar-refractivity contribution in [3.05, 3.63) is 93.0 Å². The van der Waals surface area contributed by atoms with Crippen LogP contribution in [0, 0.1) is 12.8 Å². The molecule has 1 fully saturated rings. The summed E-state index contributed by atoms with van der Waals surface area (Å²) in [6.07, 6.45) is -10.7. The largest absolute Gasteiger partial charge is 0.491 e. The Morgan fingerprint density at radius 2 is 0.968 bits per heavy atom. The molecule has 2 aliphatic heterocycles. The minimum absolute atomic E-state index is 0.0295. The summed E-state index contributed by atoms with van der Waals surface area (Å²) in [5.74, 6) is -7.33. The zero-order valence-electron chi connectivity index (χ0n) is 51.3. The molecule has 27 nitrogen and oxygen atoms in total. The smallest absolute Gasteiger partial charge is 0.480 e. The van der Waals surface area contributed by atoms with Crippen molar-refractivity contribution in [3.8, 4) is 0 Å². The van der Waals surface area contributed by atoms with Crippen LogP contribution >= 0.6 is 0 Å². The van der Waals surface area contributed by atoms with E-state index in [-0.39, 0.29) is 171 Å². The zero-order chi connectivity index (χ0) is 68.4. The van der Waals surface area contributed by atoms with Gasteiger partial charge in [0.25, 0.3) is 17.7 Å². The number of benzene rings is 3. The quantitative estimate of drug-likeness (QED) is 0.0199. The molecular formula is C59H75B2F6N7O20. The van der Waals surface area contributed by atoms with Crippen molar-refractivity contribution in [2.45, 2.75) is 95.6 Å². The molecule has 94 heavy (non-hydrogen) atoms. The topological polar surface area (TPSA) is 372 Å². The van der Waals surface area contributed by atoms with Gasteiger partial charge >= 0.3 is 32.6 Å². The number of carboxylic acid groups (broad SMARTS) is 1. The van der Waals surface area contributed by atoms with E-state index in [1.54, 1.807) is 12.1 Å². The third kappa shape index (κ3) is 24.6. The maximum absolute atomic E-state index is 14.1. The Morgan fingerprint density at radius 3 is 1.43 bits per heavy atom. The number of hydrogen-bond acceptors (Lipinski definition) is 19. The molecule has 6 rings (SSSR count). The van der Waals surface area contributed by atoms with Gasteiger partial charge in [-0.15, -0.1) is 0 Å². The first-order valence-corrected chi connectivity index (χ1v) is 30.1. The monoisotopic (exact) mass is 1340 g/mol. The summed E-state index contributed by atoms with van der Waals surface area (Å²) in [6.45, 7) is 1.92. The number of carbonyl (C=O) groups is 9. The number of aliphatic carboxylic acids is 1. The molecule has 0 bridgehead atoms. The van der Waals surface area contributed by atoms with Gasteiger partial charge in [-0.1, -0.05) is 17.7 Å². The summed E-state index contributed by atoms with van der Waals surface area (Å²) >= 11 is 0. The van der Waals surface area contributed by atoms with Crippen LogP contribution in [0.25, 0.3) is 0 Å². The molecule has 0 aromatic heterocycles. The van der Waals surface area contributed by atoms with E-state index in [9.17, 15) is 84.6 Å². The van der Waals surface area contributed by atoms with Crippen LogP contribution in [0.4, 0.5) is 26.3 Å². The van der Waals surface area contributed by atoms with Crippen molar-refractivity contribution in [2.75, 3.05) is 105 Å². The van der Waals surface area contributed by atoms with E-state index >= 15 is 0 Å². The van der Waals surface area contributed by atoms with Gasteiger partial charge < -0.3 is 90.1 Å². The fraction of sp³-hybridized carbons (Fsp3) is 0.542. The third-order valence-corrected chi connectivity index (χ3v) is 14.9. The van der Waals surface area contributed by atoms with Gasteiger partial charge in [0, 0.05) is 61.6 Å². The predicted octanol–water partition coefficient (Wildman–Crippen LogP) is -0.258. The average Bonchev–Trinajstić information content (AvgIpc) is 1.55. The molecule has 3 aliphatic rings. The first kappa shape index (κ1) is 75.4. The Bertz CT molecular complexity index is 3000. The van der Waals surface area contributed by atoms with Gasteiger partial charge in [-0.2, -0.15) is 26.3 Å². The molecule has 0 unspecified atom stereocenters. The number of Topliss-reactive ketones (excluding diaryl/α,β-unsaturated/α-hetero) is 1. The summed E-state index contributed by atoms with van der Waals surface area (Å²) < 4.78 is 126. The molecule has 7 amide bonds. The van der Waals surface area contributed by atoms with E-state index in [4.69, 9.17) is 37.7 Å². The molecule has 3 atom stereocenters. The molecule has 3 aromatic rings. The van der Waals surface area contributed by atoms with Gasteiger partial charge in [0.2, 0.25) is 23.6 Å². The fourth-order valence-corrected chi connectivity index (χ4v) is 10.1. The lowest BCUT2D eigenvalue weighted by molar-refractivity contribution is -0.143. The summed E-state index contributed by atoms with van der Waals surface area (Å²) in [7, 11) is -3.57. The molecule has 514 valence electrons. The lowest BCUT2D eigenvalue weighted by atomic mass is 9.77. The van der Waals surface area contributed by atoms with Crippen molar-refractivity contribution in [2.24, 2.45) is 5.92 Å². The second-order valence-electron chi connectivity index (χ2n) is 21.9. The van der Waals surface area contributed by atoms with Crippen molar-refractivity contribution in [3.63, 3.8) is 0 Å². The number of amides is 7. The van der Waals surface area contributed by atoms with Crippen LogP contribution in [0.1, 0.15) is 104 Å². The van der Waals surface area contributed by atoms with Gasteiger partial charge in [-0.25, -0.2) is 4.79 Å². The number of rotatable bonds is 40. The molecule has 35 heteroatoms. The van der Waals surface area contributed by atoms with Crippen LogP contribution in [0.5, 0.6) is 0 Å². The lowest BCUT2D eigenvalue weighted by Crippen LogP contribution is -2.49. The first-order valence-electron chi connectivity index (χ1n) is 30.1. The Kier molecular flexibility index (Phi) is 30.1. The van der Waals surface area contributed by atoms with Crippen LogP contribution < -0.4 is 48.1 Å².